The summed E-state index contributed by atoms with van der Waals surface area (Å²) in [7, 11) is 0. The average Bonchev–Trinajstić information content (AvgIpc) is 2.52. The number of carbonyl (C=O) groups is 2. The van der Waals surface area contributed by atoms with Crippen LogP contribution in [0, 0.1) is 0 Å². The highest BCUT2D eigenvalue weighted by Gasteiger charge is 2.10. The van der Waals surface area contributed by atoms with E-state index in [4.69, 9.17) is 5.73 Å². The fraction of sp³-hybridized carbons (Fsp3) is 0.125. The lowest BCUT2D eigenvalue weighted by Gasteiger charge is -2.08. The summed E-state index contributed by atoms with van der Waals surface area (Å²) in [4.78, 5) is 23.6. The van der Waals surface area contributed by atoms with Gasteiger partial charge in [0, 0.05) is 12.2 Å². The van der Waals surface area contributed by atoms with Crippen LogP contribution in [0.15, 0.2) is 54.6 Å². The Morgan fingerprint density at radius 1 is 0.905 bits per heavy atom. The van der Waals surface area contributed by atoms with E-state index in [1.807, 2.05) is 30.3 Å². The Morgan fingerprint density at radius 2 is 1.57 bits per heavy atom. The van der Waals surface area contributed by atoms with E-state index in [-0.39, 0.29) is 18.4 Å². The molecule has 0 radical (unpaired) electrons. The first kappa shape index (κ1) is 14.6. The maximum absolute atomic E-state index is 11.9. The van der Waals surface area contributed by atoms with Crippen LogP contribution in [-0.4, -0.2) is 18.4 Å². The fourth-order valence-corrected chi connectivity index (χ4v) is 1.82. The topological polar surface area (TPSA) is 84.2 Å². The normalized spacial score (nSPS) is 9.90. The smallest absolute Gasteiger partial charge is 0.253 e. The summed E-state index contributed by atoms with van der Waals surface area (Å²) in [6, 6.07) is 16.3. The Morgan fingerprint density at radius 3 is 2.29 bits per heavy atom. The lowest BCUT2D eigenvalue weighted by atomic mass is 10.1. The Balaban J connectivity index is 1.79. The second-order valence-corrected chi connectivity index (χ2v) is 4.53. The van der Waals surface area contributed by atoms with Gasteiger partial charge in [0.25, 0.3) is 5.91 Å². The fourth-order valence-electron chi connectivity index (χ4n) is 1.82. The molecule has 2 amide bonds. The van der Waals surface area contributed by atoms with Crippen molar-refractivity contribution in [1.82, 2.24) is 10.6 Å². The van der Waals surface area contributed by atoms with Crippen molar-refractivity contribution in [3.05, 3.63) is 65.7 Å². The number of nitrogens with one attached hydrogen (secondary N) is 2. The van der Waals surface area contributed by atoms with Crippen LogP contribution in [0.2, 0.25) is 0 Å². The molecule has 2 aromatic carbocycles. The van der Waals surface area contributed by atoms with Crippen LogP contribution in [0.1, 0.15) is 15.9 Å². The summed E-state index contributed by atoms with van der Waals surface area (Å²) in [5.74, 6) is -0.607. The van der Waals surface area contributed by atoms with Crippen molar-refractivity contribution in [1.29, 1.82) is 0 Å². The van der Waals surface area contributed by atoms with Crippen LogP contribution < -0.4 is 16.4 Å². The molecule has 0 aliphatic heterocycles. The van der Waals surface area contributed by atoms with Gasteiger partial charge in [0.15, 0.2) is 0 Å². The largest absolute Gasteiger partial charge is 0.398 e. The number of para-hydroxylation sites is 1. The molecule has 0 aliphatic rings. The molecule has 0 heterocycles. The number of carbonyl (C=O) groups excluding carboxylic acids is 2. The number of hydrogen-bond acceptors (Lipinski definition) is 3. The first-order chi connectivity index (χ1) is 10.2. The first-order valence-electron chi connectivity index (χ1n) is 6.60. The van der Waals surface area contributed by atoms with Gasteiger partial charge in [-0.05, 0) is 17.7 Å². The number of anilines is 1. The highest BCUT2D eigenvalue weighted by atomic mass is 16.2. The minimum Gasteiger partial charge on any atom is -0.398 e. The van der Waals surface area contributed by atoms with Gasteiger partial charge in [-0.25, -0.2) is 0 Å². The van der Waals surface area contributed by atoms with Gasteiger partial charge in [-0.2, -0.15) is 0 Å². The van der Waals surface area contributed by atoms with Gasteiger partial charge in [0.2, 0.25) is 5.91 Å². The minimum absolute atomic E-state index is 0.0833. The Kier molecular flexibility index (Phi) is 4.93. The van der Waals surface area contributed by atoms with E-state index in [9.17, 15) is 9.59 Å². The number of nitrogens with two attached hydrogens (primary N) is 1. The number of hydrogen-bond donors (Lipinski definition) is 3. The molecule has 0 aromatic heterocycles. The van der Waals surface area contributed by atoms with E-state index < -0.39 is 0 Å². The third kappa shape index (κ3) is 4.35. The Hall–Kier alpha value is -2.82. The highest BCUT2D eigenvalue weighted by molar-refractivity contribution is 6.00. The number of amides is 2. The van der Waals surface area contributed by atoms with Crippen LogP contribution in [0.25, 0.3) is 0 Å². The zero-order chi connectivity index (χ0) is 15.1. The highest BCUT2D eigenvalue weighted by Crippen LogP contribution is 2.09. The van der Waals surface area contributed by atoms with E-state index in [2.05, 4.69) is 10.6 Å². The lowest BCUT2D eigenvalue weighted by Crippen LogP contribution is -2.36. The maximum Gasteiger partial charge on any atom is 0.253 e. The maximum atomic E-state index is 11.9. The van der Waals surface area contributed by atoms with Gasteiger partial charge < -0.3 is 16.4 Å². The van der Waals surface area contributed by atoms with Gasteiger partial charge in [-0.3, -0.25) is 9.59 Å². The molecule has 108 valence electrons. The predicted molar refractivity (Wildman–Crippen MR) is 81.5 cm³/mol. The second-order valence-electron chi connectivity index (χ2n) is 4.53. The average molecular weight is 283 g/mol. The molecule has 0 fully saturated rings. The van der Waals surface area contributed by atoms with Gasteiger partial charge in [0.1, 0.15) is 0 Å². The molecule has 5 nitrogen and oxygen atoms in total. The van der Waals surface area contributed by atoms with Crippen molar-refractivity contribution >= 4 is 17.5 Å². The molecule has 21 heavy (non-hydrogen) atoms. The van der Waals surface area contributed by atoms with Crippen LogP contribution in [-0.2, 0) is 11.3 Å². The third-order valence-electron chi connectivity index (χ3n) is 2.95. The molecule has 0 saturated carbocycles. The van der Waals surface area contributed by atoms with E-state index >= 15 is 0 Å². The van der Waals surface area contributed by atoms with Gasteiger partial charge in [-0.15, -0.1) is 0 Å². The Labute approximate surface area is 123 Å². The monoisotopic (exact) mass is 283 g/mol. The summed E-state index contributed by atoms with van der Waals surface area (Å²) in [6.45, 7) is 0.350. The van der Waals surface area contributed by atoms with Crippen molar-refractivity contribution in [3.63, 3.8) is 0 Å². The standard InChI is InChI=1S/C16H17N3O2/c17-14-9-5-4-8-13(14)16(21)19-11-15(20)18-10-12-6-2-1-3-7-12/h1-9H,10-11,17H2,(H,18,20)(H,19,21). The molecule has 5 heteroatoms. The van der Waals surface area contributed by atoms with Crippen molar-refractivity contribution in [2.75, 3.05) is 12.3 Å². The van der Waals surface area contributed by atoms with Crippen LogP contribution in [0.4, 0.5) is 5.69 Å². The molecule has 0 aliphatic carbocycles. The number of nitrogen functional groups attached to an aromatic ring is 1. The molecule has 0 spiro atoms. The first-order valence-corrected chi connectivity index (χ1v) is 6.60. The molecule has 2 rings (SSSR count). The minimum atomic E-state index is -0.358. The summed E-state index contributed by atoms with van der Waals surface area (Å²) in [5.41, 5.74) is 7.46. The molecule has 4 N–H and O–H groups in total. The van der Waals surface area contributed by atoms with Crippen LogP contribution in [0.5, 0.6) is 0 Å². The predicted octanol–water partition coefficient (Wildman–Crippen LogP) is 1.31. The second kappa shape index (κ2) is 7.09. The summed E-state index contributed by atoms with van der Waals surface area (Å²) in [6.07, 6.45) is 0. The molecular weight excluding hydrogens is 266 g/mol. The molecule has 0 atom stereocenters. The van der Waals surface area contributed by atoms with Gasteiger partial charge in [-0.1, -0.05) is 42.5 Å². The van der Waals surface area contributed by atoms with Crippen molar-refractivity contribution < 1.29 is 9.59 Å². The third-order valence-corrected chi connectivity index (χ3v) is 2.95. The molecular formula is C16H17N3O2. The zero-order valence-electron chi connectivity index (χ0n) is 11.5. The van der Waals surface area contributed by atoms with Crippen molar-refractivity contribution in [2.45, 2.75) is 6.54 Å². The van der Waals surface area contributed by atoms with E-state index in [0.29, 0.717) is 17.8 Å². The summed E-state index contributed by atoms with van der Waals surface area (Å²) < 4.78 is 0. The van der Waals surface area contributed by atoms with Gasteiger partial charge >= 0.3 is 0 Å². The molecule has 0 saturated heterocycles. The van der Waals surface area contributed by atoms with Crippen LogP contribution >= 0.6 is 0 Å². The molecule has 2 aromatic rings. The SMILES string of the molecule is Nc1ccccc1C(=O)NCC(=O)NCc1ccccc1. The van der Waals surface area contributed by atoms with E-state index in [1.54, 1.807) is 24.3 Å². The summed E-state index contributed by atoms with van der Waals surface area (Å²) in [5, 5.41) is 5.28. The zero-order valence-corrected chi connectivity index (χ0v) is 11.5. The summed E-state index contributed by atoms with van der Waals surface area (Å²) >= 11 is 0. The quantitative estimate of drug-likeness (QED) is 0.723. The van der Waals surface area contributed by atoms with Gasteiger partial charge in [0.05, 0.1) is 12.1 Å². The molecule has 0 unspecified atom stereocenters. The van der Waals surface area contributed by atoms with E-state index in [1.165, 1.54) is 0 Å². The van der Waals surface area contributed by atoms with Crippen molar-refractivity contribution in [2.24, 2.45) is 0 Å². The number of benzene rings is 2. The van der Waals surface area contributed by atoms with Crippen LogP contribution in [0.3, 0.4) is 0 Å². The van der Waals surface area contributed by atoms with Crippen molar-refractivity contribution in [3.8, 4) is 0 Å². The lowest BCUT2D eigenvalue weighted by molar-refractivity contribution is -0.120. The Bertz CT molecular complexity index is 626. The molecule has 0 bridgehead atoms. The number of rotatable bonds is 5. The van der Waals surface area contributed by atoms with E-state index in [0.717, 1.165) is 5.56 Å².